The summed E-state index contributed by atoms with van der Waals surface area (Å²) >= 11 is 1.04. The number of benzene rings is 2. The Morgan fingerprint density at radius 1 is 1.19 bits per heavy atom. The van der Waals surface area contributed by atoms with Gasteiger partial charge in [-0.15, -0.1) is 0 Å². The Morgan fingerprint density at radius 3 is 2.76 bits per heavy atom. The number of hydrogen-bond acceptors (Lipinski definition) is 10. The molecule has 0 radical (unpaired) electrons. The number of hydrogen-bond donors (Lipinski definition) is 4. The van der Waals surface area contributed by atoms with E-state index in [9.17, 15) is 15.0 Å². The lowest BCUT2D eigenvalue weighted by atomic mass is 9.82. The molecule has 11 heteroatoms. The van der Waals surface area contributed by atoms with Crippen LogP contribution in [0.2, 0.25) is 0 Å². The van der Waals surface area contributed by atoms with Crippen LogP contribution in [0.3, 0.4) is 0 Å². The Bertz CT molecular complexity index is 1290. The number of likely N-dealkylation sites (tertiary alicyclic amines) is 1. The van der Waals surface area contributed by atoms with Crippen LogP contribution in [0.25, 0.3) is 0 Å². The van der Waals surface area contributed by atoms with E-state index in [1.807, 2.05) is 18.2 Å². The molecule has 0 bridgehead atoms. The number of carbonyl (C=O) groups is 1. The molecule has 0 unspecified atom stereocenters. The monoisotopic (exact) mass is 525 g/mol. The predicted molar refractivity (Wildman–Crippen MR) is 141 cm³/mol. The van der Waals surface area contributed by atoms with Crippen molar-refractivity contribution in [2.24, 2.45) is 5.41 Å². The van der Waals surface area contributed by atoms with Gasteiger partial charge in [-0.25, -0.2) is 0 Å². The van der Waals surface area contributed by atoms with Crippen molar-refractivity contribution in [3.63, 3.8) is 0 Å². The fraction of sp³-hybridized carbons (Fsp3) is 0.423. The molecule has 10 nitrogen and oxygen atoms in total. The van der Waals surface area contributed by atoms with E-state index >= 15 is 0 Å². The van der Waals surface area contributed by atoms with Crippen LogP contribution in [0.1, 0.15) is 55.6 Å². The number of aliphatic hydroxyl groups is 1. The van der Waals surface area contributed by atoms with Gasteiger partial charge in [-0.3, -0.25) is 4.79 Å². The normalized spacial score (nSPS) is 17.6. The van der Waals surface area contributed by atoms with Crippen LogP contribution in [-0.4, -0.2) is 55.8 Å². The highest BCUT2D eigenvalue weighted by molar-refractivity contribution is 6.99. The average Bonchev–Trinajstić information content (AvgIpc) is 3.63. The van der Waals surface area contributed by atoms with Crippen LogP contribution in [0, 0.1) is 5.41 Å². The molecule has 1 aromatic heterocycles. The third-order valence-corrected chi connectivity index (χ3v) is 7.26. The van der Waals surface area contributed by atoms with Crippen molar-refractivity contribution >= 4 is 35.0 Å². The van der Waals surface area contributed by atoms with E-state index in [2.05, 4.69) is 40.2 Å². The summed E-state index contributed by atoms with van der Waals surface area (Å²) in [5, 5.41) is 27.2. The Kier molecular flexibility index (Phi) is 6.82. The molecular weight excluding hydrogens is 494 g/mol. The number of aromatic hydroxyl groups is 1. The molecular formula is C26H31N5O5S. The Labute approximate surface area is 219 Å². The molecule has 0 aliphatic carbocycles. The number of amides is 1. The summed E-state index contributed by atoms with van der Waals surface area (Å²) in [4.78, 5) is 14.7. The molecule has 3 aromatic rings. The summed E-state index contributed by atoms with van der Waals surface area (Å²) in [6, 6.07) is 10.5. The van der Waals surface area contributed by atoms with Gasteiger partial charge in [0.1, 0.15) is 0 Å². The average molecular weight is 526 g/mol. The lowest BCUT2D eigenvalue weighted by molar-refractivity contribution is 0.0674. The zero-order valence-corrected chi connectivity index (χ0v) is 21.8. The molecule has 2 aliphatic rings. The molecule has 1 amide bonds. The zero-order valence-electron chi connectivity index (χ0n) is 21.0. The Balaban J connectivity index is 1.39. The first-order valence-electron chi connectivity index (χ1n) is 12.3. The fourth-order valence-electron chi connectivity index (χ4n) is 4.79. The van der Waals surface area contributed by atoms with Gasteiger partial charge >= 0.3 is 0 Å². The summed E-state index contributed by atoms with van der Waals surface area (Å²) in [6.07, 6.45) is 1.58. The number of anilines is 3. The van der Waals surface area contributed by atoms with Gasteiger partial charge in [-0.1, -0.05) is 32.9 Å². The van der Waals surface area contributed by atoms with Crippen LogP contribution in [0.4, 0.5) is 17.3 Å². The van der Waals surface area contributed by atoms with Gasteiger partial charge in [0.2, 0.25) is 6.79 Å². The van der Waals surface area contributed by atoms with Crippen molar-refractivity contribution in [1.82, 2.24) is 13.6 Å². The molecule has 2 aliphatic heterocycles. The maximum Gasteiger partial charge on any atom is 0.258 e. The van der Waals surface area contributed by atoms with Crippen LogP contribution >= 0.6 is 11.7 Å². The largest absolute Gasteiger partial charge is 0.505 e. The Morgan fingerprint density at radius 2 is 1.97 bits per heavy atom. The number of aromatic nitrogens is 2. The first-order chi connectivity index (χ1) is 17.8. The quantitative estimate of drug-likeness (QED) is 0.329. The minimum absolute atomic E-state index is 0.0950. The number of nitrogens with one attached hydrogen (secondary N) is 2. The second kappa shape index (κ2) is 10.1. The number of phenolic OH excluding ortho intramolecular Hbond substituents is 1. The molecule has 1 fully saturated rings. The van der Waals surface area contributed by atoms with E-state index in [1.165, 1.54) is 0 Å². The minimum Gasteiger partial charge on any atom is -0.505 e. The van der Waals surface area contributed by atoms with E-state index in [4.69, 9.17) is 9.47 Å². The lowest BCUT2D eigenvalue weighted by Crippen LogP contribution is -2.37. The van der Waals surface area contributed by atoms with Crippen molar-refractivity contribution in [1.29, 1.82) is 0 Å². The highest BCUT2D eigenvalue weighted by atomic mass is 32.1. The first-order valence-corrected chi connectivity index (χ1v) is 13.0. The predicted octanol–water partition coefficient (Wildman–Crippen LogP) is 4.51. The third-order valence-electron chi connectivity index (χ3n) is 6.73. The SMILES string of the molecule is CC(C)(C)[C@@H](Nc1nsnc1Nc1cccc(C(=O)N2CCC[C@H]2CO)c1O)c1ccc2c(c1)OCO2. The molecule has 3 heterocycles. The molecule has 4 N–H and O–H groups in total. The number of carbonyl (C=O) groups excluding carboxylic acids is 1. The second-order valence-corrected chi connectivity index (χ2v) is 10.8. The van der Waals surface area contributed by atoms with Crippen molar-refractivity contribution in [3.05, 3.63) is 47.5 Å². The molecule has 2 aromatic carbocycles. The summed E-state index contributed by atoms with van der Waals surface area (Å²) < 4.78 is 19.9. The maximum atomic E-state index is 13.1. The maximum absolute atomic E-state index is 13.1. The first kappa shape index (κ1) is 25.1. The summed E-state index contributed by atoms with van der Waals surface area (Å²) in [7, 11) is 0. The molecule has 37 heavy (non-hydrogen) atoms. The van der Waals surface area contributed by atoms with E-state index in [1.54, 1.807) is 23.1 Å². The van der Waals surface area contributed by atoms with E-state index in [0.717, 1.165) is 35.9 Å². The fourth-order valence-corrected chi connectivity index (χ4v) is 5.26. The van der Waals surface area contributed by atoms with E-state index in [-0.39, 0.29) is 48.1 Å². The molecule has 5 rings (SSSR count). The number of phenols is 1. The van der Waals surface area contributed by atoms with Crippen molar-refractivity contribution in [2.75, 3.05) is 30.6 Å². The lowest BCUT2D eigenvalue weighted by Gasteiger charge is -2.32. The smallest absolute Gasteiger partial charge is 0.258 e. The van der Waals surface area contributed by atoms with Crippen molar-refractivity contribution in [2.45, 2.75) is 45.7 Å². The van der Waals surface area contributed by atoms with Gasteiger partial charge in [0.25, 0.3) is 5.91 Å². The van der Waals surface area contributed by atoms with Gasteiger partial charge in [-0.05, 0) is 48.1 Å². The third kappa shape index (κ3) is 5.01. The topological polar surface area (TPSA) is 129 Å². The summed E-state index contributed by atoms with van der Waals surface area (Å²) in [5.41, 5.74) is 1.34. The number of fused-ring (bicyclic) bond motifs is 1. The number of rotatable bonds is 7. The van der Waals surface area contributed by atoms with E-state index < -0.39 is 0 Å². The minimum atomic E-state index is -0.303. The van der Waals surface area contributed by atoms with Crippen molar-refractivity contribution in [3.8, 4) is 17.2 Å². The van der Waals surface area contributed by atoms with Crippen LogP contribution in [-0.2, 0) is 0 Å². The Hall–Kier alpha value is -3.57. The summed E-state index contributed by atoms with van der Waals surface area (Å²) in [5.74, 6) is 1.92. The molecule has 2 atom stereocenters. The van der Waals surface area contributed by atoms with Gasteiger partial charge < -0.3 is 35.2 Å². The van der Waals surface area contributed by atoms with E-state index in [0.29, 0.717) is 29.6 Å². The van der Waals surface area contributed by atoms with Crippen LogP contribution in [0.15, 0.2) is 36.4 Å². The number of aliphatic hydroxyl groups excluding tert-OH is 1. The van der Waals surface area contributed by atoms with Crippen LogP contribution in [0.5, 0.6) is 17.2 Å². The zero-order chi connectivity index (χ0) is 26.2. The van der Waals surface area contributed by atoms with Gasteiger partial charge in [0.15, 0.2) is 28.9 Å². The number of ether oxygens (including phenoxy) is 2. The number of para-hydroxylation sites is 1. The highest BCUT2D eigenvalue weighted by Crippen LogP contribution is 2.42. The number of nitrogens with zero attached hydrogens (tertiary/aromatic N) is 3. The molecule has 0 spiro atoms. The van der Waals surface area contributed by atoms with Crippen LogP contribution < -0.4 is 20.1 Å². The molecule has 1 saturated heterocycles. The summed E-state index contributed by atoms with van der Waals surface area (Å²) in [6.45, 7) is 7.05. The molecule has 0 saturated carbocycles. The standard InChI is InChI=1S/C26H31N5O5S/c1-26(2,3)22(15-9-10-19-20(12-15)36-14-35-19)28-24-23(29-37-30-24)27-18-8-4-7-17(21(18)33)25(34)31-11-5-6-16(31)13-32/h4,7-10,12,16,22,32-33H,5-6,11,13-14H2,1-3H3,(H,27,29)(H,28,30)/t16-,22-/m0/s1. The molecule has 196 valence electrons. The second-order valence-electron chi connectivity index (χ2n) is 10.3. The highest BCUT2D eigenvalue weighted by Gasteiger charge is 2.32. The van der Waals surface area contributed by atoms with Gasteiger partial charge in [0, 0.05) is 6.54 Å². The van der Waals surface area contributed by atoms with Crippen molar-refractivity contribution < 1.29 is 24.5 Å². The van der Waals surface area contributed by atoms with Gasteiger partial charge in [-0.2, -0.15) is 8.75 Å². The van der Waals surface area contributed by atoms with Gasteiger partial charge in [0.05, 0.1) is 41.7 Å².